The van der Waals surface area contributed by atoms with Crippen molar-refractivity contribution in [2.75, 3.05) is 11.6 Å². The first-order chi connectivity index (χ1) is 11.8. The Hall–Kier alpha value is -2.41. The Morgan fingerprint density at radius 2 is 1.92 bits per heavy atom. The summed E-state index contributed by atoms with van der Waals surface area (Å²) in [5.41, 5.74) is 0.0879. The SMILES string of the molecule is CS(=O)(=O)c1ccc(F)c(NC(=O)c2ccccc2OC2CCC2)c1. The van der Waals surface area contributed by atoms with Crippen molar-refractivity contribution < 1.29 is 22.3 Å². The van der Waals surface area contributed by atoms with Gasteiger partial charge in [-0.05, 0) is 49.6 Å². The van der Waals surface area contributed by atoms with Crippen LogP contribution < -0.4 is 10.1 Å². The number of hydrogen-bond donors (Lipinski definition) is 1. The summed E-state index contributed by atoms with van der Waals surface area (Å²) in [6.45, 7) is 0. The van der Waals surface area contributed by atoms with Crippen LogP contribution in [0.2, 0.25) is 0 Å². The Bertz CT molecular complexity index is 907. The number of para-hydroxylation sites is 1. The monoisotopic (exact) mass is 363 g/mol. The molecule has 0 atom stereocenters. The van der Waals surface area contributed by atoms with Crippen LogP contribution >= 0.6 is 0 Å². The van der Waals surface area contributed by atoms with Crippen LogP contribution in [-0.2, 0) is 9.84 Å². The fourth-order valence-electron chi connectivity index (χ4n) is 2.45. The van der Waals surface area contributed by atoms with Gasteiger partial charge in [0.2, 0.25) is 0 Å². The lowest BCUT2D eigenvalue weighted by molar-refractivity contribution is 0.0991. The van der Waals surface area contributed by atoms with Crippen molar-refractivity contribution in [3.05, 3.63) is 53.8 Å². The fourth-order valence-corrected chi connectivity index (χ4v) is 3.09. The summed E-state index contributed by atoms with van der Waals surface area (Å²) in [5.74, 6) is -0.831. The largest absolute Gasteiger partial charge is 0.490 e. The van der Waals surface area contributed by atoms with Crippen LogP contribution in [0, 0.1) is 5.82 Å². The quantitative estimate of drug-likeness (QED) is 0.826. The van der Waals surface area contributed by atoms with E-state index in [0.717, 1.165) is 43.7 Å². The summed E-state index contributed by atoms with van der Waals surface area (Å²) in [4.78, 5) is 12.5. The molecule has 25 heavy (non-hydrogen) atoms. The van der Waals surface area contributed by atoms with E-state index in [-0.39, 0.29) is 22.3 Å². The third kappa shape index (κ3) is 3.99. The van der Waals surface area contributed by atoms with Crippen LogP contribution in [0.5, 0.6) is 5.75 Å². The number of halogens is 1. The molecular weight excluding hydrogens is 345 g/mol. The predicted octanol–water partition coefficient (Wildman–Crippen LogP) is 3.41. The normalized spacial score (nSPS) is 14.6. The van der Waals surface area contributed by atoms with Gasteiger partial charge >= 0.3 is 0 Å². The second-order valence-corrected chi connectivity index (χ2v) is 8.05. The van der Waals surface area contributed by atoms with Crippen molar-refractivity contribution in [1.29, 1.82) is 0 Å². The standard InChI is InChI=1S/C18H18FNO4S/c1-25(22,23)13-9-10-15(19)16(11-13)20-18(21)14-7-2-3-8-17(14)24-12-5-4-6-12/h2-3,7-12H,4-6H2,1H3,(H,20,21). The molecule has 0 heterocycles. The molecule has 1 aliphatic rings. The van der Waals surface area contributed by atoms with Gasteiger partial charge in [-0.3, -0.25) is 4.79 Å². The molecule has 1 saturated carbocycles. The van der Waals surface area contributed by atoms with Crippen LogP contribution in [-0.4, -0.2) is 26.7 Å². The van der Waals surface area contributed by atoms with E-state index >= 15 is 0 Å². The van der Waals surface area contributed by atoms with Gasteiger partial charge in [0.25, 0.3) is 5.91 Å². The Labute approximate surface area is 145 Å². The molecule has 2 aromatic carbocycles. The first-order valence-corrected chi connectivity index (χ1v) is 9.80. The molecule has 132 valence electrons. The zero-order chi connectivity index (χ0) is 18.0. The van der Waals surface area contributed by atoms with Gasteiger partial charge in [0.1, 0.15) is 11.6 Å². The van der Waals surface area contributed by atoms with Crippen LogP contribution in [0.3, 0.4) is 0 Å². The predicted molar refractivity (Wildman–Crippen MR) is 92.2 cm³/mol. The molecule has 5 nitrogen and oxygen atoms in total. The second kappa shape index (κ2) is 6.84. The van der Waals surface area contributed by atoms with E-state index in [4.69, 9.17) is 4.74 Å². The molecular formula is C18H18FNO4S. The molecule has 1 fully saturated rings. The smallest absolute Gasteiger partial charge is 0.259 e. The number of hydrogen-bond acceptors (Lipinski definition) is 4. The highest BCUT2D eigenvalue weighted by molar-refractivity contribution is 7.90. The summed E-state index contributed by atoms with van der Waals surface area (Å²) in [5, 5.41) is 2.43. The highest BCUT2D eigenvalue weighted by Crippen LogP contribution is 2.28. The topological polar surface area (TPSA) is 72.5 Å². The number of sulfone groups is 1. The van der Waals surface area contributed by atoms with E-state index < -0.39 is 21.6 Å². The highest BCUT2D eigenvalue weighted by Gasteiger charge is 2.22. The third-order valence-electron chi connectivity index (χ3n) is 4.09. The summed E-state index contributed by atoms with van der Waals surface area (Å²) in [6.07, 6.45) is 4.11. The van der Waals surface area contributed by atoms with Crippen LogP contribution in [0.25, 0.3) is 0 Å². The molecule has 1 amide bonds. The Kier molecular flexibility index (Phi) is 4.76. The van der Waals surface area contributed by atoms with E-state index in [1.807, 2.05) is 0 Å². The number of rotatable bonds is 5. The lowest BCUT2D eigenvalue weighted by Gasteiger charge is -2.27. The number of anilines is 1. The number of ether oxygens (including phenoxy) is 1. The molecule has 0 unspecified atom stereocenters. The molecule has 0 saturated heterocycles. The van der Waals surface area contributed by atoms with Crippen molar-refractivity contribution in [3.8, 4) is 5.75 Å². The van der Waals surface area contributed by atoms with E-state index in [2.05, 4.69) is 5.32 Å². The molecule has 0 aromatic heterocycles. The first kappa shape index (κ1) is 17.4. The number of carbonyl (C=O) groups is 1. The summed E-state index contributed by atoms with van der Waals surface area (Å²) >= 11 is 0. The minimum atomic E-state index is -3.51. The highest BCUT2D eigenvalue weighted by atomic mass is 32.2. The Morgan fingerprint density at radius 1 is 1.20 bits per heavy atom. The second-order valence-electron chi connectivity index (χ2n) is 6.03. The van der Waals surface area contributed by atoms with Gasteiger partial charge < -0.3 is 10.1 Å². The molecule has 0 spiro atoms. The maximum Gasteiger partial charge on any atom is 0.259 e. The van der Waals surface area contributed by atoms with Crippen molar-refractivity contribution in [2.45, 2.75) is 30.3 Å². The molecule has 0 aliphatic heterocycles. The van der Waals surface area contributed by atoms with Crippen molar-refractivity contribution in [1.82, 2.24) is 0 Å². The van der Waals surface area contributed by atoms with E-state index in [9.17, 15) is 17.6 Å². The number of carbonyl (C=O) groups excluding carboxylic acids is 1. The Balaban J connectivity index is 1.85. The van der Waals surface area contributed by atoms with Crippen molar-refractivity contribution >= 4 is 21.4 Å². The zero-order valence-electron chi connectivity index (χ0n) is 13.7. The number of amides is 1. The average molecular weight is 363 g/mol. The summed E-state index contributed by atoms with van der Waals surface area (Å²) < 4.78 is 43.0. The average Bonchev–Trinajstić information content (AvgIpc) is 2.52. The molecule has 7 heteroatoms. The van der Waals surface area contributed by atoms with E-state index in [0.29, 0.717) is 5.75 Å². The van der Waals surface area contributed by atoms with Crippen molar-refractivity contribution in [2.24, 2.45) is 0 Å². The number of nitrogens with one attached hydrogen (secondary N) is 1. The first-order valence-electron chi connectivity index (χ1n) is 7.91. The van der Waals surface area contributed by atoms with Gasteiger partial charge in [0.15, 0.2) is 9.84 Å². The van der Waals surface area contributed by atoms with Crippen LogP contribution in [0.15, 0.2) is 47.4 Å². The van der Waals surface area contributed by atoms with Crippen molar-refractivity contribution in [3.63, 3.8) is 0 Å². The maximum atomic E-state index is 14.0. The van der Waals surface area contributed by atoms with Gasteiger partial charge in [0, 0.05) is 6.26 Å². The maximum absolute atomic E-state index is 14.0. The molecule has 0 bridgehead atoms. The zero-order valence-corrected chi connectivity index (χ0v) is 14.5. The lowest BCUT2D eigenvalue weighted by atomic mass is 9.96. The summed E-state index contributed by atoms with van der Waals surface area (Å²) in [7, 11) is -3.51. The van der Waals surface area contributed by atoms with Gasteiger partial charge in [-0.15, -0.1) is 0 Å². The number of benzene rings is 2. The third-order valence-corrected chi connectivity index (χ3v) is 5.20. The minimum Gasteiger partial charge on any atom is -0.490 e. The van der Waals surface area contributed by atoms with E-state index in [1.54, 1.807) is 24.3 Å². The molecule has 1 N–H and O–H groups in total. The molecule has 3 rings (SSSR count). The molecule has 2 aromatic rings. The lowest BCUT2D eigenvalue weighted by Crippen LogP contribution is -2.26. The van der Waals surface area contributed by atoms with Gasteiger partial charge in [-0.25, -0.2) is 12.8 Å². The fraction of sp³-hybridized carbons (Fsp3) is 0.278. The minimum absolute atomic E-state index is 0.0665. The summed E-state index contributed by atoms with van der Waals surface area (Å²) in [6, 6.07) is 10.0. The Morgan fingerprint density at radius 3 is 2.56 bits per heavy atom. The van der Waals surface area contributed by atoms with Gasteiger partial charge in [-0.2, -0.15) is 0 Å². The van der Waals surface area contributed by atoms with Crippen LogP contribution in [0.4, 0.5) is 10.1 Å². The molecule has 1 aliphatic carbocycles. The van der Waals surface area contributed by atoms with Gasteiger partial charge in [-0.1, -0.05) is 12.1 Å². The van der Waals surface area contributed by atoms with Gasteiger partial charge in [0.05, 0.1) is 22.3 Å². The van der Waals surface area contributed by atoms with E-state index in [1.165, 1.54) is 0 Å². The molecule has 0 radical (unpaired) electrons. The van der Waals surface area contributed by atoms with Crippen LogP contribution in [0.1, 0.15) is 29.6 Å².